The van der Waals surface area contributed by atoms with Gasteiger partial charge in [-0.1, -0.05) is 20.8 Å². The average molecular weight is 428 g/mol. The van der Waals surface area contributed by atoms with E-state index in [9.17, 15) is 14.4 Å². The molecule has 1 N–H and O–H groups in total. The van der Waals surface area contributed by atoms with Crippen molar-refractivity contribution in [3.63, 3.8) is 0 Å². The topological polar surface area (TPSA) is 106 Å². The Morgan fingerprint density at radius 2 is 2.03 bits per heavy atom. The molecule has 166 valence electrons. The molecule has 1 aliphatic carbocycles. The number of rotatable bonds is 6. The maximum atomic E-state index is 13.2. The standard InChI is InChI=1S/C22H29N5O4/c1-13(28)20-15-5-7-23-11-17(15)26(25-20)12-18(29)27-16-9-14(16)10-19(27)31-21(30)24-8-6-22(2,3)4/h5,7,11,14,16,19H,6,8-10,12H2,1-4H3,(H,24,30)/t14-,16-,19+/m1/s1. The number of nitrogens with one attached hydrogen (secondary N) is 1. The molecule has 3 heterocycles. The summed E-state index contributed by atoms with van der Waals surface area (Å²) in [5.74, 6) is 0.0277. The summed E-state index contributed by atoms with van der Waals surface area (Å²) in [5, 5.41) is 7.80. The summed E-state index contributed by atoms with van der Waals surface area (Å²) < 4.78 is 7.10. The molecular weight excluding hydrogens is 398 g/mol. The number of aromatic nitrogens is 3. The summed E-state index contributed by atoms with van der Waals surface area (Å²) in [6, 6.07) is 1.83. The van der Waals surface area contributed by atoms with Gasteiger partial charge in [0, 0.05) is 37.5 Å². The van der Waals surface area contributed by atoms with Crippen molar-refractivity contribution in [2.24, 2.45) is 11.3 Å². The van der Waals surface area contributed by atoms with E-state index in [1.54, 1.807) is 23.4 Å². The SMILES string of the molecule is CC(=O)c1nn(CC(=O)N2[C@@H](OC(=O)NCCC(C)(C)C)C[C@H]3C[C@H]32)c2cnccc12. The van der Waals surface area contributed by atoms with Gasteiger partial charge in [0.2, 0.25) is 5.91 Å². The van der Waals surface area contributed by atoms with Crippen LogP contribution in [0.2, 0.25) is 0 Å². The van der Waals surface area contributed by atoms with Gasteiger partial charge < -0.3 is 15.0 Å². The van der Waals surface area contributed by atoms with Crippen LogP contribution in [0.3, 0.4) is 0 Å². The normalized spacial score (nSPS) is 22.3. The molecule has 2 amide bonds. The summed E-state index contributed by atoms with van der Waals surface area (Å²) in [6.07, 6.45) is 4.54. The zero-order valence-electron chi connectivity index (χ0n) is 18.4. The lowest BCUT2D eigenvalue weighted by Crippen LogP contribution is -2.44. The average Bonchev–Trinajstić information content (AvgIpc) is 3.18. The Morgan fingerprint density at radius 1 is 1.26 bits per heavy atom. The second kappa shape index (κ2) is 7.94. The van der Waals surface area contributed by atoms with E-state index in [-0.39, 0.29) is 29.7 Å². The molecule has 9 heteroatoms. The van der Waals surface area contributed by atoms with Crippen molar-refractivity contribution in [2.75, 3.05) is 6.54 Å². The van der Waals surface area contributed by atoms with E-state index in [1.807, 2.05) is 0 Å². The first-order valence-corrected chi connectivity index (χ1v) is 10.7. The van der Waals surface area contributed by atoms with E-state index in [4.69, 9.17) is 4.74 Å². The van der Waals surface area contributed by atoms with Crippen molar-refractivity contribution in [3.8, 4) is 0 Å². The van der Waals surface area contributed by atoms with Gasteiger partial charge in [-0.25, -0.2) is 4.79 Å². The van der Waals surface area contributed by atoms with Crippen LogP contribution < -0.4 is 5.32 Å². The molecule has 1 aliphatic heterocycles. The Hall–Kier alpha value is -2.97. The lowest BCUT2D eigenvalue weighted by atomic mass is 9.92. The highest BCUT2D eigenvalue weighted by molar-refractivity contribution is 6.04. The summed E-state index contributed by atoms with van der Waals surface area (Å²) in [6.45, 7) is 8.26. The molecule has 2 fully saturated rings. The fourth-order valence-corrected chi connectivity index (χ4v) is 4.18. The van der Waals surface area contributed by atoms with Gasteiger partial charge >= 0.3 is 6.09 Å². The highest BCUT2D eigenvalue weighted by Crippen LogP contribution is 2.48. The van der Waals surface area contributed by atoms with Crippen molar-refractivity contribution >= 4 is 28.7 Å². The van der Waals surface area contributed by atoms with Gasteiger partial charge in [0.1, 0.15) is 12.2 Å². The molecule has 2 aliphatic rings. The van der Waals surface area contributed by atoms with Gasteiger partial charge in [-0.05, 0) is 30.2 Å². The number of alkyl carbamates (subject to hydrolysis) is 1. The Labute approximate surface area is 181 Å². The number of likely N-dealkylation sites (tertiary alicyclic amines) is 1. The van der Waals surface area contributed by atoms with E-state index >= 15 is 0 Å². The zero-order valence-corrected chi connectivity index (χ0v) is 18.4. The summed E-state index contributed by atoms with van der Waals surface area (Å²) >= 11 is 0. The van der Waals surface area contributed by atoms with Gasteiger partial charge in [-0.2, -0.15) is 5.10 Å². The van der Waals surface area contributed by atoms with Crippen LogP contribution in [-0.2, 0) is 16.1 Å². The van der Waals surface area contributed by atoms with Gasteiger partial charge in [0.25, 0.3) is 0 Å². The number of amides is 2. The number of hydrogen-bond donors (Lipinski definition) is 1. The third-order valence-electron chi connectivity index (χ3n) is 5.91. The molecule has 2 aromatic rings. The number of carbonyl (C=O) groups is 3. The minimum absolute atomic E-state index is 0.0375. The number of ketones is 1. The maximum Gasteiger partial charge on any atom is 0.409 e. The Bertz CT molecular complexity index is 1020. The lowest BCUT2D eigenvalue weighted by molar-refractivity contribution is -0.140. The first kappa shape index (κ1) is 21.3. The van der Waals surface area contributed by atoms with E-state index in [0.717, 1.165) is 12.8 Å². The predicted octanol–water partition coefficient (Wildman–Crippen LogP) is 2.74. The fraction of sp³-hybridized carbons (Fsp3) is 0.591. The van der Waals surface area contributed by atoms with Crippen LogP contribution in [0.4, 0.5) is 4.79 Å². The molecule has 0 radical (unpaired) electrons. The molecule has 0 unspecified atom stereocenters. The van der Waals surface area contributed by atoms with Gasteiger partial charge in [0.15, 0.2) is 12.0 Å². The molecule has 31 heavy (non-hydrogen) atoms. The van der Waals surface area contributed by atoms with Crippen LogP contribution in [0.5, 0.6) is 0 Å². The van der Waals surface area contributed by atoms with E-state index in [1.165, 1.54) is 11.6 Å². The summed E-state index contributed by atoms with van der Waals surface area (Å²) in [7, 11) is 0. The van der Waals surface area contributed by atoms with Crippen LogP contribution >= 0.6 is 0 Å². The minimum atomic E-state index is -0.571. The molecule has 9 nitrogen and oxygen atoms in total. The molecule has 0 aromatic carbocycles. The third-order valence-corrected chi connectivity index (χ3v) is 5.91. The number of piperidine rings is 1. The number of nitrogens with zero attached hydrogens (tertiary/aromatic N) is 4. The monoisotopic (exact) mass is 427 g/mol. The van der Waals surface area contributed by atoms with Crippen molar-refractivity contribution in [2.45, 2.75) is 65.8 Å². The molecule has 0 spiro atoms. The number of ether oxygens (including phenoxy) is 1. The largest absolute Gasteiger partial charge is 0.425 e. The zero-order chi connectivity index (χ0) is 22.3. The van der Waals surface area contributed by atoms with Gasteiger partial charge in [-0.15, -0.1) is 0 Å². The first-order chi connectivity index (χ1) is 14.6. The highest BCUT2D eigenvalue weighted by atomic mass is 16.6. The molecule has 4 rings (SSSR count). The van der Waals surface area contributed by atoms with Crippen molar-refractivity contribution in [1.82, 2.24) is 25.0 Å². The molecule has 1 saturated carbocycles. The number of carbonyl (C=O) groups excluding carboxylic acids is 3. The van der Waals surface area contributed by atoms with E-state index in [0.29, 0.717) is 35.5 Å². The second-order valence-electron chi connectivity index (χ2n) is 9.65. The van der Waals surface area contributed by atoms with E-state index in [2.05, 4.69) is 36.2 Å². The van der Waals surface area contributed by atoms with Crippen molar-refractivity contribution in [3.05, 3.63) is 24.2 Å². The first-order valence-electron chi connectivity index (χ1n) is 10.7. The summed E-state index contributed by atoms with van der Waals surface area (Å²) in [5.41, 5.74) is 1.07. The van der Waals surface area contributed by atoms with E-state index < -0.39 is 12.3 Å². The molecular formula is C22H29N5O4. The smallest absolute Gasteiger partial charge is 0.409 e. The number of hydrogen-bond acceptors (Lipinski definition) is 6. The van der Waals surface area contributed by atoms with Gasteiger partial charge in [-0.3, -0.25) is 19.3 Å². The predicted molar refractivity (Wildman–Crippen MR) is 113 cm³/mol. The Balaban J connectivity index is 1.44. The van der Waals surface area contributed by atoms with Crippen LogP contribution in [-0.4, -0.2) is 56.3 Å². The number of fused-ring (bicyclic) bond motifs is 2. The lowest BCUT2D eigenvalue weighted by Gasteiger charge is -2.27. The third kappa shape index (κ3) is 4.55. The van der Waals surface area contributed by atoms with Crippen LogP contribution in [0.25, 0.3) is 10.9 Å². The van der Waals surface area contributed by atoms with Crippen LogP contribution in [0, 0.1) is 11.3 Å². The second-order valence-corrected chi connectivity index (χ2v) is 9.65. The number of Topliss-reactive ketones (excluding diaryl/α,β-unsaturated/α-hetero) is 1. The Morgan fingerprint density at radius 3 is 2.74 bits per heavy atom. The number of pyridine rings is 1. The maximum absolute atomic E-state index is 13.2. The minimum Gasteiger partial charge on any atom is -0.425 e. The van der Waals surface area contributed by atoms with Crippen molar-refractivity contribution in [1.29, 1.82) is 0 Å². The Kier molecular flexibility index (Phi) is 5.45. The molecule has 0 bridgehead atoms. The quantitative estimate of drug-likeness (QED) is 0.711. The molecule has 3 atom stereocenters. The molecule has 2 aromatic heterocycles. The summed E-state index contributed by atoms with van der Waals surface area (Å²) in [4.78, 5) is 43.1. The van der Waals surface area contributed by atoms with Gasteiger partial charge in [0.05, 0.1) is 11.7 Å². The molecule has 1 saturated heterocycles. The highest BCUT2D eigenvalue weighted by Gasteiger charge is 2.55. The van der Waals surface area contributed by atoms with Crippen LogP contribution in [0.1, 0.15) is 57.4 Å². The van der Waals surface area contributed by atoms with Crippen LogP contribution in [0.15, 0.2) is 18.5 Å². The fourth-order valence-electron chi connectivity index (χ4n) is 4.18. The van der Waals surface area contributed by atoms with Crippen molar-refractivity contribution < 1.29 is 19.1 Å².